The third-order valence-electron chi connectivity index (χ3n) is 4.72. The first-order valence-electron chi connectivity index (χ1n) is 8.16. The number of rotatable bonds is 5. The summed E-state index contributed by atoms with van der Waals surface area (Å²) in [5, 5.41) is 5.01. The maximum absolute atomic E-state index is 13.9. The van der Waals surface area contributed by atoms with Crippen LogP contribution in [0.25, 0.3) is 0 Å². The molecule has 26 heavy (non-hydrogen) atoms. The summed E-state index contributed by atoms with van der Waals surface area (Å²) in [7, 11) is 0. The van der Waals surface area contributed by atoms with Crippen molar-refractivity contribution in [2.45, 2.75) is 30.3 Å². The molecule has 0 amide bonds. The van der Waals surface area contributed by atoms with Gasteiger partial charge in [0.2, 0.25) is 0 Å². The van der Waals surface area contributed by atoms with E-state index >= 15 is 0 Å². The minimum atomic E-state index is -0.885. The molecule has 4 nitrogen and oxygen atoms in total. The van der Waals surface area contributed by atoms with Crippen molar-refractivity contribution in [1.82, 2.24) is 14.8 Å². The molecule has 0 saturated carbocycles. The third kappa shape index (κ3) is 2.81. The van der Waals surface area contributed by atoms with Crippen molar-refractivity contribution in [2.75, 3.05) is 6.26 Å². The van der Waals surface area contributed by atoms with Gasteiger partial charge in [-0.3, -0.25) is 0 Å². The highest BCUT2D eigenvalue weighted by Crippen LogP contribution is 2.58. The number of ether oxygens (including phenoxy) is 1. The van der Waals surface area contributed by atoms with Crippen molar-refractivity contribution in [3.8, 4) is 0 Å². The topological polar surface area (TPSA) is 43.2 Å². The van der Waals surface area contributed by atoms with Crippen molar-refractivity contribution in [1.29, 1.82) is 0 Å². The Bertz CT molecular complexity index is 961. The van der Waals surface area contributed by atoms with E-state index in [9.17, 15) is 8.78 Å². The maximum Gasteiger partial charge on any atom is 0.185 e. The molecule has 4 rings (SSSR count). The van der Waals surface area contributed by atoms with Gasteiger partial charge in [0.1, 0.15) is 18.0 Å². The molecule has 0 radical (unpaired) electrons. The number of aryl methyl sites for hydroxylation is 1. The Morgan fingerprint density at radius 2 is 2.00 bits per heavy atom. The van der Waals surface area contributed by atoms with Crippen LogP contribution in [0.1, 0.15) is 22.8 Å². The molecule has 2 atom stereocenters. The van der Waals surface area contributed by atoms with Gasteiger partial charge in [0.15, 0.2) is 16.8 Å². The average molecular weight is 373 g/mol. The van der Waals surface area contributed by atoms with Gasteiger partial charge in [-0.25, -0.2) is 18.4 Å². The van der Waals surface area contributed by atoms with E-state index in [-0.39, 0.29) is 6.10 Å². The van der Waals surface area contributed by atoms with Gasteiger partial charge < -0.3 is 4.74 Å². The number of epoxide rings is 1. The van der Waals surface area contributed by atoms with Gasteiger partial charge in [-0.1, -0.05) is 42.1 Å². The van der Waals surface area contributed by atoms with Crippen molar-refractivity contribution in [3.63, 3.8) is 0 Å². The summed E-state index contributed by atoms with van der Waals surface area (Å²) in [6.45, 7) is 2.38. The lowest BCUT2D eigenvalue weighted by Crippen LogP contribution is -2.21. The van der Waals surface area contributed by atoms with E-state index in [1.165, 1.54) is 24.2 Å². The van der Waals surface area contributed by atoms with Crippen LogP contribution in [0.3, 0.4) is 0 Å². The molecule has 1 aromatic heterocycles. The first kappa shape index (κ1) is 17.2. The van der Waals surface area contributed by atoms with Crippen LogP contribution in [0.5, 0.6) is 0 Å². The van der Waals surface area contributed by atoms with Crippen LogP contribution in [0, 0.1) is 18.6 Å². The largest absolute Gasteiger partial charge is 0.354 e. The van der Waals surface area contributed by atoms with Crippen LogP contribution < -0.4 is 0 Å². The van der Waals surface area contributed by atoms with Gasteiger partial charge in [-0.15, -0.1) is 0 Å². The van der Waals surface area contributed by atoms with Gasteiger partial charge in [-0.2, -0.15) is 5.10 Å². The molecule has 1 aliphatic heterocycles. The number of halogens is 2. The summed E-state index contributed by atoms with van der Waals surface area (Å²) in [5.74, 6) is -1.76. The number of hydrogen-bond donors (Lipinski definition) is 0. The molecular weight excluding hydrogens is 356 g/mol. The van der Waals surface area contributed by atoms with E-state index in [1.54, 1.807) is 10.7 Å². The van der Waals surface area contributed by atoms with E-state index < -0.39 is 17.2 Å². The van der Waals surface area contributed by atoms with Crippen LogP contribution in [-0.4, -0.2) is 21.0 Å². The van der Waals surface area contributed by atoms with Crippen molar-refractivity contribution < 1.29 is 13.5 Å². The summed E-state index contributed by atoms with van der Waals surface area (Å²) in [6, 6.07) is 11.8. The molecule has 1 aliphatic rings. The number of hydrogen-bond acceptors (Lipinski definition) is 4. The Kier molecular flexibility index (Phi) is 4.28. The van der Waals surface area contributed by atoms with E-state index in [4.69, 9.17) is 4.74 Å². The van der Waals surface area contributed by atoms with E-state index in [2.05, 4.69) is 10.1 Å². The number of benzene rings is 2. The number of thioether (sulfide) groups is 1. The summed E-state index contributed by atoms with van der Waals surface area (Å²) < 4.78 is 35.2. The number of nitrogens with zero attached hydrogens (tertiary/aromatic N) is 3. The highest BCUT2D eigenvalue weighted by molar-refractivity contribution is 7.98. The molecule has 3 aromatic rings. The minimum Gasteiger partial charge on any atom is -0.354 e. The SMILES string of the molecule is CSc1ncnn1C[C@]1(c2ccc(F)c(F)c2)O[C@@H]1c1ccccc1C. The predicted octanol–water partition coefficient (Wildman–Crippen LogP) is 4.25. The lowest BCUT2D eigenvalue weighted by molar-refractivity contribution is 0.255. The Hall–Kier alpha value is -2.25. The molecule has 1 fully saturated rings. The highest BCUT2D eigenvalue weighted by atomic mass is 32.2. The first-order valence-corrected chi connectivity index (χ1v) is 9.38. The monoisotopic (exact) mass is 373 g/mol. The Morgan fingerprint density at radius 3 is 2.73 bits per heavy atom. The smallest absolute Gasteiger partial charge is 0.185 e. The summed E-state index contributed by atoms with van der Waals surface area (Å²) in [6.07, 6.45) is 3.14. The summed E-state index contributed by atoms with van der Waals surface area (Å²) in [4.78, 5) is 4.21. The van der Waals surface area contributed by atoms with Crippen LogP contribution in [0.2, 0.25) is 0 Å². The van der Waals surface area contributed by atoms with Gasteiger partial charge in [0.25, 0.3) is 0 Å². The van der Waals surface area contributed by atoms with E-state index in [0.29, 0.717) is 12.1 Å². The second kappa shape index (κ2) is 6.48. The zero-order chi connectivity index (χ0) is 18.3. The molecule has 2 heterocycles. The van der Waals surface area contributed by atoms with Crippen LogP contribution in [0.15, 0.2) is 53.9 Å². The Balaban J connectivity index is 1.78. The van der Waals surface area contributed by atoms with Gasteiger partial charge in [0, 0.05) is 0 Å². The minimum absolute atomic E-state index is 0.257. The molecule has 0 bridgehead atoms. The normalized spacial score (nSPS) is 21.8. The molecule has 134 valence electrons. The quantitative estimate of drug-likeness (QED) is 0.495. The second-order valence-corrected chi connectivity index (χ2v) is 7.05. The van der Waals surface area contributed by atoms with Crippen molar-refractivity contribution in [2.24, 2.45) is 0 Å². The molecule has 7 heteroatoms. The van der Waals surface area contributed by atoms with Crippen LogP contribution in [0.4, 0.5) is 8.78 Å². The fourth-order valence-electron chi connectivity index (χ4n) is 3.30. The molecule has 0 unspecified atom stereocenters. The second-order valence-electron chi connectivity index (χ2n) is 6.28. The molecule has 0 aliphatic carbocycles. The third-order valence-corrected chi connectivity index (χ3v) is 5.40. The summed E-state index contributed by atoms with van der Waals surface area (Å²) in [5.41, 5.74) is 1.90. The summed E-state index contributed by atoms with van der Waals surface area (Å²) >= 11 is 1.47. The lowest BCUT2D eigenvalue weighted by Gasteiger charge is -2.16. The lowest BCUT2D eigenvalue weighted by atomic mass is 9.90. The van der Waals surface area contributed by atoms with Crippen LogP contribution >= 0.6 is 11.8 Å². The maximum atomic E-state index is 13.9. The molecule has 2 aromatic carbocycles. The Labute approximate surface area is 154 Å². The van der Waals surface area contributed by atoms with Crippen LogP contribution in [-0.2, 0) is 16.9 Å². The van der Waals surface area contributed by atoms with Gasteiger partial charge >= 0.3 is 0 Å². The fraction of sp³-hybridized carbons (Fsp3) is 0.263. The first-order chi connectivity index (χ1) is 12.5. The molecule has 0 N–H and O–H groups in total. The molecule has 0 spiro atoms. The van der Waals surface area contributed by atoms with Gasteiger partial charge in [-0.05, 0) is 42.0 Å². The zero-order valence-electron chi connectivity index (χ0n) is 14.3. The average Bonchev–Trinajstić information content (AvgIpc) is 3.17. The standard InChI is InChI=1S/C19H17F2N3OS/c1-12-5-3-4-6-14(12)17-19(25-17,10-24-18(26-2)22-11-23-24)13-7-8-15(20)16(21)9-13/h3-9,11,17H,10H2,1-2H3/t17-,19-/m1/s1. The van der Waals surface area contributed by atoms with Crippen molar-refractivity contribution in [3.05, 3.63) is 77.1 Å². The van der Waals surface area contributed by atoms with Crippen molar-refractivity contribution >= 4 is 11.8 Å². The molecular formula is C19H17F2N3OS. The zero-order valence-corrected chi connectivity index (χ0v) is 15.1. The molecule has 1 saturated heterocycles. The Morgan fingerprint density at radius 1 is 1.19 bits per heavy atom. The predicted molar refractivity (Wildman–Crippen MR) is 94.8 cm³/mol. The van der Waals surface area contributed by atoms with Gasteiger partial charge in [0.05, 0.1) is 6.54 Å². The number of aromatic nitrogens is 3. The highest BCUT2D eigenvalue weighted by Gasteiger charge is 2.59. The fourth-order valence-corrected chi connectivity index (χ4v) is 3.78. The van der Waals surface area contributed by atoms with E-state index in [1.807, 2.05) is 37.4 Å². The van der Waals surface area contributed by atoms with E-state index in [0.717, 1.165) is 22.3 Å².